The zero-order valence-electron chi connectivity index (χ0n) is 10.5. The Morgan fingerprint density at radius 3 is 2.61 bits per heavy atom. The first kappa shape index (κ1) is 12.9. The lowest BCUT2D eigenvalue weighted by Crippen LogP contribution is -2.45. The fourth-order valence-electron chi connectivity index (χ4n) is 2.42. The molecule has 2 rings (SSSR count). The first-order valence-electron chi connectivity index (χ1n) is 6.18. The average molecular weight is 251 g/mol. The van der Waals surface area contributed by atoms with Gasteiger partial charge in [-0.2, -0.15) is 0 Å². The van der Waals surface area contributed by atoms with E-state index in [1.807, 2.05) is 25.1 Å². The number of halogens is 1. The maximum Gasteiger partial charge on any atom is 0.312 e. The molecule has 1 aromatic carbocycles. The zero-order valence-corrected chi connectivity index (χ0v) is 10.5. The molecule has 0 amide bonds. The number of hydrogen-bond donors (Lipinski definition) is 1. The van der Waals surface area contributed by atoms with E-state index >= 15 is 0 Å². The van der Waals surface area contributed by atoms with Gasteiger partial charge in [0.25, 0.3) is 0 Å². The highest BCUT2D eigenvalue weighted by Crippen LogP contribution is 2.34. The number of carbonyl (C=O) groups is 1. The van der Waals surface area contributed by atoms with E-state index in [1.54, 1.807) is 0 Å². The highest BCUT2D eigenvalue weighted by Gasteiger charge is 2.41. The monoisotopic (exact) mass is 251 g/mol. The van der Waals surface area contributed by atoms with E-state index < -0.39 is 18.1 Å². The molecule has 0 atom stereocenters. The molecule has 0 aromatic heterocycles. The van der Waals surface area contributed by atoms with Crippen LogP contribution in [0, 0.1) is 12.3 Å². The summed E-state index contributed by atoms with van der Waals surface area (Å²) in [5.41, 5.74) is 1.10. The molecule has 1 heterocycles. The van der Waals surface area contributed by atoms with Gasteiger partial charge < -0.3 is 10.0 Å². The highest BCUT2D eigenvalue weighted by atomic mass is 19.1. The molecule has 1 aliphatic rings. The maximum absolute atomic E-state index is 13.0. The van der Waals surface area contributed by atoms with Crippen LogP contribution in [0.5, 0.6) is 0 Å². The molecule has 0 unspecified atom stereocenters. The summed E-state index contributed by atoms with van der Waals surface area (Å²) in [6, 6.07) is 8.09. The third-order valence-electron chi connectivity index (χ3n) is 3.80. The molecular formula is C14H18FNO2. The largest absolute Gasteiger partial charge is 0.481 e. The van der Waals surface area contributed by atoms with Crippen molar-refractivity contribution in [3.05, 3.63) is 29.8 Å². The van der Waals surface area contributed by atoms with E-state index in [9.17, 15) is 9.18 Å². The van der Waals surface area contributed by atoms with Crippen LogP contribution < -0.4 is 4.90 Å². The Labute approximate surface area is 106 Å². The molecular weight excluding hydrogens is 233 g/mol. The first-order valence-corrected chi connectivity index (χ1v) is 6.18. The van der Waals surface area contributed by atoms with E-state index in [0.29, 0.717) is 25.9 Å². The number of aliphatic carboxylic acids is 1. The minimum absolute atomic E-state index is 0.368. The van der Waals surface area contributed by atoms with Gasteiger partial charge >= 0.3 is 5.97 Å². The third-order valence-corrected chi connectivity index (χ3v) is 3.80. The molecule has 4 heteroatoms. The lowest BCUT2D eigenvalue weighted by molar-refractivity contribution is -0.151. The fourth-order valence-corrected chi connectivity index (χ4v) is 2.42. The molecule has 3 nitrogen and oxygen atoms in total. The number of anilines is 1. The molecule has 1 fully saturated rings. The Kier molecular flexibility index (Phi) is 3.55. The van der Waals surface area contributed by atoms with Gasteiger partial charge in [0.2, 0.25) is 0 Å². The normalized spacial score (nSPS) is 18.7. The van der Waals surface area contributed by atoms with Crippen molar-refractivity contribution in [2.24, 2.45) is 5.41 Å². The highest BCUT2D eigenvalue weighted by molar-refractivity contribution is 5.75. The molecule has 0 radical (unpaired) electrons. The lowest BCUT2D eigenvalue weighted by atomic mass is 9.79. The van der Waals surface area contributed by atoms with Gasteiger partial charge in [-0.15, -0.1) is 0 Å². The van der Waals surface area contributed by atoms with E-state index in [0.717, 1.165) is 5.69 Å². The van der Waals surface area contributed by atoms with Crippen molar-refractivity contribution in [1.29, 1.82) is 0 Å². The summed E-state index contributed by atoms with van der Waals surface area (Å²) < 4.78 is 13.0. The minimum atomic E-state index is -1.17. The number of aryl methyl sites for hydroxylation is 1. The Morgan fingerprint density at radius 2 is 2.11 bits per heavy atom. The molecule has 18 heavy (non-hydrogen) atoms. The standard InChI is InChI=1S/C14H18FNO2/c1-11-3-2-4-12(9-11)16-7-5-14(10-15,6-8-16)13(17)18/h2-4,9H,5-8,10H2,1H3,(H,17,18). The molecule has 1 aromatic rings. The molecule has 0 spiro atoms. The van der Waals surface area contributed by atoms with Gasteiger partial charge in [-0.25, -0.2) is 4.39 Å². The number of carboxylic acids is 1. The Bertz CT molecular complexity index is 439. The number of rotatable bonds is 3. The summed E-state index contributed by atoms with van der Waals surface area (Å²) in [6.07, 6.45) is 0.736. The molecule has 98 valence electrons. The second kappa shape index (κ2) is 4.96. The van der Waals surface area contributed by atoms with Gasteiger partial charge in [0.1, 0.15) is 6.67 Å². The molecule has 0 saturated carbocycles. The van der Waals surface area contributed by atoms with Crippen LogP contribution in [-0.4, -0.2) is 30.8 Å². The molecule has 1 aliphatic heterocycles. The Hall–Kier alpha value is -1.58. The predicted molar refractivity (Wildman–Crippen MR) is 68.7 cm³/mol. The topological polar surface area (TPSA) is 40.5 Å². The third kappa shape index (κ3) is 2.33. The van der Waals surface area contributed by atoms with Gasteiger partial charge in [-0.3, -0.25) is 4.79 Å². The molecule has 1 N–H and O–H groups in total. The van der Waals surface area contributed by atoms with Gasteiger partial charge in [0, 0.05) is 18.8 Å². The first-order chi connectivity index (χ1) is 8.57. The SMILES string of the molecule is Cc1cccc(N2CCC(CF)(C(=O)O)CC2)c1. The number of alkyl halides is 1. The fraction of sp³-hybridized carbons (Fsp3) is 0.500. The van der Waals surface area contributed by atoms with Crippen LogP contribution in [0.1, 0.15) is 18.4 Å². The van der Waals surface area contributed by atoms with Crippen molar-refractivity contribution in [3.63, 3.8) is 0 Å². The molecule has 0 aliphatic carbocycles. The van der Waals surface area contributed by atoms with E-state index in [2.05, 4.69) is 11.0 Å². The summed E-state index contributed by atoms with van der Waals surface area (Å²) in [5, 5.41) is 9.13. The van der Waals surface area contributed by atoms with E-state index in [1.165, 1.54) is 5.56 Å². The van der Waals surface area contributed by atoms with Crippen LogP contribution in [0.2, 0.25) is 0 Å². The number of piperidine rings is 1. The van der Waals surface area contributed by atoms with Crippen molar-refractivity contribution in [1.82, 2.24) is 0 Å². The number of hydrogen-bond acceptors (Lipinski definition) is 2. The number of nitrogens with zero attached hydrogens (tertiary/aromatic N) is 1. The van der Waals surface area contributed by atoms with Crippen molar-refractivity contribution < 1.29 is 14.3 Å². The maximum atomic E-state index is 13.0. The Morgan fingerprint density at radius 1 is 1.44 bits per heavy atom. The lowest BCUT2D eigenvalue weighted by Gasteiger charge is -2.38. The van der Waals surface area contributed by atoms with Crippen molar-refractivity contribution in [2.45, 2.75) is 19.8 Å². The number of benzene rings is 1. The van der Waals surface area contributed by atoms with Crippen LogP contribution in [0.25, 0.3) is 0 Å². The van der Waals surface area contributed by atoms with Crippen LogP contribution >= 0.6 is 0 Å². The second-order valence-electron chi connectivity index (χ2n) is 5.05. The van der Waals surface area contributed by atoms with Gasteiger partial charge in [0.15, 0.2) is 0 Å². The summed E-state index contributed by atoms with van der Waals surface area (Å²) in [4.78, 5) is 13.3. The predicted octanol–water partition coefficient (Wildman–Crippen LogP) is 2.64. The summed E-state index contributed by atoms with van der Waals surface area (Å²) in [7, 11) is 0. The Balaban J connectivity index is 2.09. The smallest absolute Gasteiger partial charge is 0.312 e. The van der Waals surface area contributed by atoms with Crippen LogP contribution in [0.4, 0.5) is 10.1 Å². The van der Waals surface area contributed by atoms with Crippen molar-refractivity contribution in [2.75, 3.05) is 24.7 Å². The molecule has 1 saturated heterocycles. The van der Waals surface area contributed by atoms with E-state index in [-0.39, 0.29) is 0 Å². The zero-order chi connectivity index (χ0) is 13.2. The van der Waals surface area contributed by atoms with Gasteiger partial charge in [-0.05, 0) is 37.5 Å². The summed E-state index contributed by atoms with van der Waals surface area (Å²) >= 11 is 0. The summed E-state index contributed by atoms with van der Waals surface area (Å²) in [5.74, 6) is -1.01. The molecule has 0 bridgehead atoms. The quantitative estimate of drug-likeness (QED) is 0.897. The number of carboxylic acid groups (broad SMARTS) is 1. The van der Waals surface area contributed by atoms with E-state index in [4.69, 9.17) is 5.11 Å². The summed E-state index contributed by atoms with van der Waals surface area (Å²) in [6.45, 7) is 2.44. The van der Waals surface area contributed by atoms with Crippen LogP contribution in [0.3, 0.4) is 0 Å². The van der Waals surface area contributed by atoms with Crippen molar-refractivity contribution in [3.8, 4) is 0 Å². The minimum Gasteiger partial charge on any atom is -0.481 e. The van der Waals surface area contributed by atoms with Crippen LogP contribution in [0.15, 0.2) is 24.3 Å². The second-order valence-corrected chi connectivity index (χ2v) is 5.05. The van der Waals surface area contributed by atoms with Crippen molar-refractivity contribution >= 4 is 11.7 Å². The average Bonchev–Trinajstić information content (AvgIpc) is 2.38. The van der Waals surface area contributed by atoms with Gasteiger partial charge in [0.05, 0.1) is 5.41 Å². The van der Waals surface area contributed by atoms with Gasteiger partial charge in [-0.1, -0.05) is 12.1 Å². The van der Waals surface area contributed by atoms with Crippen LogP contribution in [-0.2, 0) is 4.79 Å².